The van der Waals surface area contributed by atoms with Crippen LogP contribution in [0, 0.1) is 5.82 Å². The van der Waals surface area contributed by atoms with Gasteiger partial charge in [-0.2, -0.15) is 8.78 Å². The Balaban J connectivity index is 1.76. The fourth-order valence-corrected chi connectivity index (χ4v) is 2.83. The van der Waals surface area contributed by atoms with E-state index in [0.717, 1.165) is 17.0 Å². The largest absolute Gasteiger partial charge is 0.454 e. The number of rotatable bonds is 2. The average molecular weight is 321 g/mol. The fraction of sp³-hybridized carbons (Fsp3) is 0.188. The molecular weight excluding hydrogens is 311 g/mol. The quantitative estimate of drug-likeness (QED) is 0.797. The first-order valence-electron chi connectivity index (χ1n) is 6.85. The van der Waals surface area contributed by atoms with Gasteiger partial charge in [0.05, 0.1) is 0 Å². The maximum Gasteiger partial charge on any atom is 0.349 e. The lowest BCUT2D eigenvalue weighted by atomic mass is 9.89. The third kappa shape index (κ3) is 1.96. The van der Waals surface area contributed by atoms with Crippen LogP contribution in [-0.2, 0) is 4.79 Å². The number of ether oxygens (including phenoxy) is 2. The van der Waals surface area contributed by atoms with E-state index in [2.05, 4.69) is 0 Å². The Morgan fingerprint density at radius 2 is 1.87 bits per heavy atom. The Kier molecular flexibility index (Phi) is 2.81. The number of carbonyl (C=O) groups is 1. The van der Waals surface area contributed by atoms with Gasteiger partial charge in [-0.05, 0) is 29.8 Å². The first-order valence-corrected chi connectivity index (χ1v) is 6.85. The number of halogens is 3. The van der Waals surface area contributed by atoms with Gasteiger partial charge in [0.1, 0.15) is 11.9 Å². The van der Waals surface area contributed by atoms with Crippen molar-refractivity contribution in [2.45, 2.75) is 12.0 Å². The van der Waals surface area contributed by atoms with E-state index < -0.39 is 23.7 Å². The van der Waals surface area contributed by atoms with Crippen molar-refractivity contribution in [3.05, 3.63) is 53.8 Å². The fourth-order valence-electron chi connectivity index (χ4n) is 2.83. The van der Waals surface area contributed by atoms with Crippen molar-refractivity contribution in [3.63, 3.8) is 0 Å². The van der Waals surface area contributed by atoms with Crippen molar-refractivity contribution in [2.24, 2.45) is 0 Å². The standard InChI is InChI=1S/C16H10F3NO3/c17-10-3-1-2-9(6-10)14-16(18,19)15(21)20(14)11-4-5-12-13(7-11)23-8-22-12/h1-7,14H,8H2/t14-/m0/s1. The molecule has 23 heavy (non-hydrogen) atoms. The molecule has 0 unspecified atom stereocenters. The number of benzene rings is 2. The van der Waals surface area contributed by atoms with Crippen LogP contribution < -0.4 is 14.4 Å². The summed E-state index contributed by atoms with van der Waals surface area (Å²) in [6, 6.07) is 7.82. The summed E-state index contributed by atoms with van der Waals surface area (Å²) in [5, 5.41) is 0. The van der Waals surface area contributed by atoms with E-state index in [1.807, 2.05) is 0 Å². The monoisotopic (exact) mass is 321 g/mol. The lowest BCUT2D eigenvalue weighted by Crippen LogP contribution is -2.64. The zero-order valence-electron chi connectivity index (χ0n) is 11.6. The van der Waals surface area contributed by atoms with Crippen LogP contribution in [0.2, 0.25) is 0 Å². The zero-order chi connectivity index (χ0) is 16.2. The zero-order valence-corrected chi connectivity index (χ0v) is 11.6. The van der Waals surface area contributed by atoms with Crippen LogP contribution in [0.5, 0.6) is 11.5 Å². The lowest BCUT2D eigenvalue weighted by Gasteiger charge is -2.46. The van der Waals surface area contributed by atoms with Crippen LogP contribution in [0.25, 0.3) is 0 Å². The summed E-state index contributed by atoms with van der Waals surface area (Å²) < 4.78 is 51.8. The maximum absolute atomic E-state index is 14.1. The summed E-state index contributed by atoms with van der Waals surface area (Å²) in [6.45, 7) is 0.0379. The van der Waals surface area contributed by atoms with Crippen LogP contribution in [0.15, 0.2) is 42.5 Å². The van der Waals surface area contributed by atoms with Crippen molar-refractivity contribution in [2.75, 3.05) is 11.7 Å². The number of fused-ring (bicyclic) bond motifs is 1. The first-order chi connectivity index (χ1) is 11.0. The minimum absolute atomic E-state index is 0.0345. The van der Waals surface area contributed by atoms with Gasteiger partial charge in [0.15, 0.2) is 11.5 Å². The second-order valence-electron chi connectivity index (χ2n) is 5.29. The molecule has 0 radical (unpaired) electrons. The van der Waals surface area contributed by atoms with Crippen LogP contribution in [-0.4, -0.2) is 18.6 Å². The summed E-state index contributed by atoms with van der Waals surface area (Å²) in [4.78, 5) is 12.8. The van der Waals surface area contributed by atoms with E-state index in [1.165, 1.54) is 24.3 Å². The molecule has 2 aliphatic rings. The van der Waals surface area contributed by atoms with Gasteiger partial charge in [-0.25, -0.2) is 4.39 Å². The SMILES string of the molecule is O=C1N(c2ccc3c(c2)OCO3)[C@@H](c2cccc(F)c2)C1(F)F. The molecule has 4 nitrogen and oxygen atoms in total. The van der Waals surface area contributed by atoms with Gasteiger partial charge >= 0.3 is 11.8 Å². The Morgan fingerprint density at radius 3 is 2.65 bits per heavy atom. The molecule has 0 aliphatic carbocycles. The molecule has 1 fully saturated rings. The molecule has 0 saturated carbocycles. The molecule has 1 amide bonds. The molecule has 4 rings (SSSR count). The molecule has 0 bridgehead atoms. The third-order valence-corrected chi connectivity index (χ3v) is 3.90. The van der Waals surface area contributed by atoms with E-state index in [9.17, 15) is 18.0 Å². The first kappa shape index (κ1) is 13.9. The molecule has 2 aromatic carbocycles. The number of nitrogens with zero attached hydrogens (tertiary/aromatic N) is 1. The Bertz CT molecular complexity index is 809. The van der Waals surface area contributed by atoms with E-state index in [4.69, 9.17) is 9.47 Å². The lowest BCUT2D eigenvalue weighted by molar-refractivity contribution is -0.162. The van der Waals surface area contributed by atoms with Crippen molar-refractivity contribution in [1.82, 2.24) is 0 Å². The van der Waals surface area contributed by atoms with Crippen LogP contribution in [0.3, 0.4) is 0 Å². The van der Waals surface area contributed by atoms with Crippen LogP contribution in [0.4, 0.5) is 18.9 Å². The van der Waals surface area contributed by atoms with Gasteiger partial charge in [0.2, 0.25) is 6.79 Å². The highest BCUT2D eigenvalue weighted by molar-refractivity contribution is 6.07. The minimum atomic E-state index is -3.58. The van der Waals surface area contributed by atoms with Crippen molar-refractivity contribution < 1.29 is 27.4 Å². The smallest absolute Gasteiger partial charge is 0.349 e. The van der Waals surface area contributed by atoms with Gasteiger partial charge in [-0.15, -0.1) is 0 Å². The maximum atomic E-state index is 14.1. The Labute approximate surface area is 129 Å². The second-order valence-corrected chi connectivity index (χ2v) is 5.29. The van der Waals surface area contributed by atoms with Crippen molar-refractivity contribution in [3.8, 4) is 11.5 Å². The normalized spacial score (nSPS) is 21.3. The summed E-state index contributed by atoms with van der Waals surface area (Å²) in [7, 11) is 0. The minimum Gasteiger partial charge on any atom is -0.454 e. The molecule has 7 heteroatoms. The van der Waals surface area contributed by atoms with Gasteiger partial charge < -0.3 is 9.47 Å². The van der Waals surface area contributed by atoms with Crippen LogP contribution in [0.1, 0.15) is 11.6 Å². The molecule has 2 aromatic rings. The average Bonchev–Trinajstić information content (AvgIpc) is 2.99. The molecule has 1 atom stereocenters. The topological polar surface area (TPSA) is 38.8 Å². The van der Waals surface area contributed by atoms with Crippen molar-refractivity contribution in [1.29, 1.82) is 0 Å². The molecule has 2 aliphatic heterocycles. The number of hydrogen-bond acceptors (Lipinski definition) is 3. The third-order valence-electron chi connectivity index (χ3n) is 3.90. The van der Waals surface area contributed by atoms with Gasteiger partial charge in [0, 0.05) is 11.8 Å². The predicted molar refractivity (Wildman–Crippen MR) is 74.1 cm³/mol. The molecule has 0 aromatic heterocycles. The second kappa shape index (κ2) is 4.65. The number of carbonyl (C=O) groups excluding carboxylic acids is 1. The van der Waals surface area contributed by atoms with E-state index in [-0.39, 0.29) is 18.0 Å². The summed E-state index contributed by atoms with van der Waals surface area (Å²) >= 11 is 0. The number of anilines is 1. The summed E-state index contributed by atoms with van der Waals surface area (Å²) in [5.74, 6) is -4.68. The Morgan fingerprint density at radius 1 is 1.09 bits per heavy atom. The molecule has 118 valence electrons. The predicted octanol–water partition coefficient (Wildman–Crippen LogP) is 3.28. The number of hydrogen-bond donors (Lipinski definition) is 0. The van der Waals surface area contributed by atoms with Gasteiger partial charge in [0.25, 0.3) is 0 Å². The number of alkyl halides is 2. The van der Waals surface area contributed by atoms with Gasteiger partial charge in [-0.3, -0.25) is 9.69 Å². The van der Waals surface area contributed by atoms with Crippen molar-refractivity contribution >= 4 is 11.6 Å². The molecule has 2 heterocycles. The Hall–Kier alpha value is -2.70. The highest BCUT2D eigenvalue weighted by Gasteiger charge is 2.64. The molecule has 0 spiro atoms. The highest BCUT2D eigenvalue weighted by atomic mass is 19.3. The van der Waals surface area contributed by atoms with E-state index >= 15 is 0 Å². The highest BCUT2D eigenvalue weighted by Crippen LogP contribution is 2.51. The molecule has 1 saturated heterocycles. The number of amides is 1. The molecule has 0 N–H and O–H groups in total. The summed E-state index contributed by atoms with van der Waals surface area (Å²) in [5.41, 5.74) is 0.284. The van der Waals surface area contributed by atoms with Crippen LogP contribution >= 0.6 is 0 Å². The van der Waals surface area contributed by atoms with E-state index in [0.29, 0.717) is 11.5 Å². The molecular formula is C16H10F3NO3. The van der Waals surface area contributed by atoms with Gasteiger partial charge in [-0.1, -0.05) is 12.1 Å². The number of β-lactam (4-membered cyclic amide) rings is 1. The van der Waals surface area contributed by atoms with E-state index in [1.54, 1.807) is 6.07 Å². The summed E-state index contributed by atoms with van der Waals surface area (Å²) in [6.07, 6.45) is 0.